The fraction of sp³-hybridized carbons (Fsp3) is 0.231. The van der Waals surface area contributed by atoms with Crippen LogP contribution in [0.4, 0.5) is 0 Å². The van der Waals surface area contributed by atoms with Crippen molar-refractivity contribution in [1.82, 2.24) is 19.4 Å². The second-order valence-electron chi connectivity index (χ2n) is 7.97. The summed E-state index contributed by atoms with van der Waals surface area (Å²) in [5.74, 6) is -0.273. The van der Waals surface area contributed by atoms with Gasteiger partial charge in [0.2, 0.25) is 0 Å². The number of hydrogen-bond acceptors (Lipinski definition) is 5. The third-order valence-electron chi connectivity index (χ3n) is 5.86. The molecule has 0 aliphatic heterocycles. The second kappa shape index (κ2) is 8.86. The van der Waals surface area contributed by atoms with Gasteiger partial charge in [0.15, 0.2) is 0 Å². The van der Waals surface area contributed by atoms with Crippen molar-refractivity contribution in [3.05, 3.63) is 82.8 Å². The van der Waals surface area contributed by atoms with E-state index in [0.29, 0.717) is 18.7 Å². The Labute approximate surface area is 190 Å². The lowest BCUT2D eigenvalue weighted by atomic mass is 10.0. The Morgan fingerprint density at radius 2 is 1.82 bits per heavy atom. The van der Waals surface area contributed by atoms with E-state index in [0.717, 1.165) is 46.4 Å². The first-order chi connectivity index (χ1) is 16.2. The maximum Gasteiger partial charge on any atom is 0.309 e. The predicted molar refractivity (Wildman–Crippen MR) is 126 cm³/mol. The smallest absolute Gasteiger partial charge is 0.309 e. The molecule has 0 radical (unpaired) electrons. The van der Waals surface area contributed by atoms with E-state index in [1.165, 1.54) is 10.7 Å². The molecule has 7 nitrogen and oxygen atoms in total. The van der Waals surface area contributed by atoms with Gasteiger partial charge in [-0.05, 0) is 50.0 Å². The quantitative estimate of drug-likeness (QED) is 0.410. The Morgan fingerprint density at radius 3 is 2.64 bits per heavy atom. The van der Waals surface area contributed by atoms with Crippen molar-refractivity contribution in [1.29, 1.82) is 0 Å². The van der Waals surface area contributed by atoms with Crippen LogP contribution >= 0.6 is 0 Å². The number of carbonyl (C=O) groups is 1. The summed E-state index contributed by atoms with van der Waals surface area (Å²) < 4.78 is 8.41. The second-order valence-corrected chi connectivity index (χ2v) is 7.97. The Balaban J connectivity index is 1.67. The number of allylic oxidation sites excluding steroid dienone is 1. The fourth-order valence-electron chi connectivity index (χ4n) is 4.41. The van der Waals surface area contributed by atoms with Crippen LogP contribution in [0.3, 0.4) is 0 Å². The van der Waals surface area contributed by atoms with Gasteiger partial charge in [-0.2, -0.15) is 10.2 Å². The van der Waals surface area contributed by atoms with E-state index in [9.17, 15) is 9.59 Å². The normalized spacial score (nSPS) is 13.6. The summed E-state index contributed by atoms with van der Waals surface area (Å²) in [5.41, 5.74) is 5.70. The predicted octanol–water partition coefficient (Wildman–Crippen LogP) is 4.57. The van der Waals surface area contributed by atoms with Crippen LogP contribution < -0.4 is 5.56 Å². The Hall–Kier alpha value is -4.00. The van der Waals surface area contributed by atoms with Crippen molar-refractivity contribution in [3.63, 3.8) is 0 Å². The summed E-state index contributed by atoms with van der Waals surface area (Å²) in [6.45, 7) is 2.13. The lowest BCUT2D eigenvalue weighted by Gasteiger charge is -2.11. The largest absolute Gasteiger partial charge is 0.466 e. The minimum absolute atomic E-state index is 0.188. The van der Waals surface area contributed by atoms with Gasteiger partial charge in [-0.25, -0.2) is 9.20 Å². The summed E-state index contributed by atoms with van der Waals surface area (Å²) in [5, 5.41) is 9.58. The monoisotopic (exact) mass is 440 g/mol. The molecule has 33 heavy (non-hydrogen) atoms. The van der Waals surface area contributed by atoms with Crippen LogP contribution in [0.2, 0.25) is 0 Å². The van der Waals surface area contributed by atoms with Crippen LogP contribution in [-0.2, 0) is 9.53 Å². The summed E-state index contributed by atoms with van der Waals surface area (Å²) in [6.07, 6.45) is 4.43. The molecular weight excluding hydrogens is 416 g/mol. The van der Waals surface area contributed by atoms with E-state index < -0.39 is 0 Å². The standard InChI is InChI=1S/C26H24N4O3/c1-2-33-24(32)17-19-11-8-13-21(19)30-23(31)15-14-20(27-30)25-22-12-6-7-16-29(22)28-26(25)18-9-4-3-5-10-18/h3-7,9-10,12,14-16H,2,8,11,13,17H2,1H3. The molecule has 1 aromatic carbocycles. The zero-order chi connectivity index (χ0) is 22.8. The van der Waals surface area contributed by atoms with Crippen LogP contribution in [0.15, 0.2) is 77.2 Å². The minimum Gasteiger partial charge on any atom is -0.466 e. The minimum atomic E-state index is -0.273. The first-order valence-corrected chi connectivity index (χ1v) is 11.2. The first-order valence-electron chi connectivity index (χ1n) is 11.2. The summed E-state index contributed by atoms with van der Waals surface area (Å²) in [7, 11) is 0. The third-order valence-corrected chi connectivity index (χ3v) is 5.86. The van der Waals surface area contributed by atoms with Gasteiger partial charge in [-0.3, -0.25) is 9.59 Å². The van der Waals surface area contributed by atoms with E-state index in [1.807, 2.05) is 59.2 Å². The molecule has 5 rings (SSSR count). The molecule has 0 unspecified atom stereocenters. The van der Waals surface area contributed by atoms with Crippen molar-refractivity contribution in [3.8, 4) is 22.5 Å². The summed E-state index contributed by atoms with van der Waals surface area (Å²) >= 11 is 0. The van der Waals surface area contributed by atoms with E-state index in [4.69, 9.17) is 14.9 Å². The van der Waals surface area contributed by atoms with Gasteiger partial charge in [0.1, 0.15) is 5.69 Å². The summed E-state index contributed by atoms with van der Waals surface area (Å²) in [4.78, 5) is 24.9. The highest BCUT2D eigenvalue weighted by Crippen LogP contribution is 2.35. The van der Waals surface area contributed by atoms with Crippen molar-refractivity contribution < 1.29 is 9.53 Å². The maximum absolute atomic E-state index is 12.8. The zero-order valence-corrected chi connectivity index (χ0v) is 18.4. The molecule has 7 heteroatoms. The first kappa shape index (κ1) is 20.9. The van der Waals surface area contributed by atoms with E-state index in [-0.39, 0.29) is 17.9 Å². The number of rotatable bonds is 6. The molecule has 0 atom stereocenters. The van der Waals surface area contributed by atoms with Gasteiger partial charge in [-0.15, -0.1) is 0 Å². The average Bonchev–Trinajstić information content (AvgIpc) is 3.45. The van der Waals surface area contributed by atoms with Crippen molar-refractivity contribution >= 4 is 17.2 Å². The van der Waals surface area contributed by atoms with Crippen LogP contribution in [0, 0.1) is 0 Å². The molecule has 0 spiro atoms. The van der Waals surface area contributed by atoms with Crippen molar-refractivity contribution in [2.24, 2.45) is 0 Å². The molecule has 3 heterocycles. The van der Waals surface area contributed by atoms with Crippen LogP contribution in [0.5, 0.6) is 0 Å². The number of aromatic nitrogens is 4. The molecule has 3 aromatic heterocycles. The highest BCUT2D eigenvalue weighted by atomic mass is 16.5. The van der Waals surface area contributed by atoms with Gasteiger partial charge in [-0.1, -0.05) is 36.4 Å². The Kier molecular flexibility index (Phi) is 5.60. The molecule has 1 aliphatic rings. The molecule has 0 bridgehead atoms. The van der Waals surface area contributed by atoms with E-state index in [2.05, 4.69) is 0 Å². The maximum atomic E-state index is 12.8. The summed E-state index contributed by atoms with van der Waals surface area (Å²) in [6, 6.07) is 19.1. The number of ether oxygens (including phenoxy) is 1. The molecule has 0 fully saturated rings. The fourth-order valence-corrected chi connectivity index (χ4v) is 4.41. The molecule has 166 valence electrons. The van der Waals surface area contributed by atoms with Gasteiger partial charge < -0.3 is 4.74 Å². The van der Waals surface area contributed by atoms with Crippen LogP contribution in [-0.4, -0.2) is 32.0 Å². The van der Waals surface area contributed by atoms with E-state index >= 15 is 0 Å². The van der Waals surface area contributed by atoms with E-state index in [1.54, 1.807) is 13.0 Å². The van der Waals surface area contributed by atoms with Crippen molar-refractivity contribution in [2.75, 3.05) is 6.61 Å². The molecule has 0 amide bonds. The number of nitrogens with zero attached hydrogens (tertiary/aromatic N) is 4. The lowest BCUT2D eigenvalue weighted by molar-refractivity contribution is -0.142. The Morgan fingerprint density at radius 1 is 1.00 bits per heavy atom. The topological polar surface area (TPSA) is 78.5 Å². The number of esters is 1. The molecule has 0 saturated carbocycles. The van der Waals surface area contributed by atoms with Crippen LogP contribution in [0.25, 0.3) is 33.7 Å². The van der Waals surface area contributed by atoms with Gasteiger partial charge in [0.05, 0.1) is 29.8 Å². The number of hydrogen-bond donors (Lipinski definition) is 0. The Bertz CT molecular complexity index is 1420. The van der Waals surface area contributed by atoms with Crippen molar-refractivity contribution in [2.45, 2.75) is 32.6 Å². The third kappa shape index (κ3) is 3.98. The number of fused-ring (bicyclic) bond motifs is 1. The number of benzene rings is 1. The lowest BCUT2D eigenvalue weighted by Crippen LogP contribution is -2.22. The number of pyridine rings is 1. The average molecular weight is 441 g/mol. The van der Waals surface area contributed by atoms with Gasteiger partial charge in [0, 0.05) is 23.5 Å². The highest BCUT2D eigenvalue weighted by molar-refractivity contribution is 5.90. The number of carbonyl (C=O) groups excluding carboxylic acids is 1. The SMILES string of the molecule is CCOC(=O)CC1=C(n2nc(-c3c(-c4ccccc4)nn4ccccc34)ccc2=O)CCC1. The van der Waals surface area contributed by atoms with Gasteiger partial charge in [0.25, 0.3) is 5.56 Å². The zero-order valence-electron chi connectivity index (χ0n) is 18.4. The molecule has 0 N–H and O–H groups in total. The highest BCUT2D eigenvalue weighted by Gasteiger charge is 2.23. The van der Waals surface area contributed by atoms with Gasteiger partial charge >= 0.3 is 5.97 Å². The van der Waals surface area contributed by atoms with Crippen LogP contribution in [0.1, 0.15) is 32.6 Å². The molecule has 1 aliphatic carbocycles. The molecular formula is C26H24N4O3. The molecule has 4 aromatic rings. The molecule has 0 saturated heterocycles.